The van der Waals surface area contributed by atoms with E-state index in [9.17, 15) is 0 Å². The first kappa shape index (κ1) is 49.5. The molecule has 0 saturated heterocycles. The van der Waals surface area contributed by atoms with E-state index in [0.717, 1.165) is 48.4 Å². The third-order valence-corrected chi connectivity index (χ3v) is 9.22. The third-order valence-electron chi connectivity index (χ3n) is 8.49. The van der Waals surface area contributed by atoms with Gasteiger partial charge in [-0.05, 0) is 97.9 Å². The van der Waals surface area contributed by atoms with Crippen molar-refractivity contribution in [3.63, 3.8) is 0 Å². The third kappa shape index (κ3) is 15.4. The maximum Gasteiger partial charge on any atom is 0.0476 e. The number of hydrogen-bond donors (Lipinski definition) is 0. The van der Waals surface area contributed by atoms with E-state index < -0.39 is 0 Å². The molecule has 0 aliphatic carbocycles. The van der Waals surface area contributed by atoms with E-state index in [0.29, 0.717) is 8.64 Å². The monoisotopic (exact) mass is 874 g/mol. The minimum atomic E-state index is 0. The number of aryl methyl sites for hydroxylation is 4. The quantitative estimate of drug-likeness (QED) is 0.0624. The van der Waals surface area contributed by atoms with E-state index in [-0.39, 0.29) is 48.1 Å². The Morgan fingerprint density at radius 2 is 0.627 bits per heavy atom. The van der Waals surface area contributed by atoms with Gasteiger partial charge >= 0.3 is 0 Å². The fourth-order valence-electron chi connectivity index (χ4n) is 5.88. The maximum atomic E-state index is 5.47. The molecule has 0 aliphatic rings. The predicted octanol–water partition coefficient (Wildman–Crippen LogP) is 12.7. The summed E-state index contributed by atoms with van der Waals surface area (Å²) in [6.45, 7) is 8.88. The molecule has 4 aromatic rings. The molecule has 0 saturated carbocycles. The molecule has 0 unspecified atom stereocenters. The molecule has 4 aromatic carbocycles. The Kier molecular flexibility index (Phi) is 27.2. The molecule has 0 atom stereocenters. The van der Waals surface area contributed by atoms with Crippen molar-refractivity contribution < 1.29 is 21.1 Å². The van der Waals surface area contributed by atoms with Crippen LogP contribution in [0.2, 0.25) is 0 Å². The van der Waals surface area contributed by atoms with Crippen molar-refractivity contribution in [3.05, 3.63) is 119 Å². The average molecular weight is 873 g/mol. The number of thiocarbonyl (C=S) groups is 2. The van der Waals surface area contributed by atoms with E-state index >= 15 is 0 Å². The van der Waals surface area contributed by atoms with Gasteiger partial charge in [0, 0.05) is 43.8 Å². The van der Waals surface area contributed by atoms with Gasteiger partial charge in [-0.2, -0.15) is 0 Å². The number of para-hydroxylation sites is 4. The second-order valence-corrected chi connectivity index (χ2v) is 14.2. The van der Waals surface area contributed by atoms with E-state index in [2.05, 4.69) is 135 Å². The summed E-state index contributed by atoms with van der Waals surface area (Å²) in [7, 11) is 0. The topological polar surface area (TPSA) is 6.48 Å². The molecule has 0 N–H and O–H groups in total. The molecule has 0 heterocycles. The molecule has 0 fully saturated rings. The van der Waals surface area contributed by atoms with Gasteiger partial charge in [0.25, 0.3) is 0 Å². The van der Waals surface area contributed by atoms with Gasteiger partial charge in [0.1, 0.15) is 0 Å². The first-order valence-corrected chi connectivity index (χ1v) is 19.3. The van der Waals surface area contributed by atoms with Crippen LogP contribution in [0.3, 0.4) is 0 Å². The Morgan fingerprint density at radius 3 is 0.804 bits per heavy atom. The Balaban J connectivity index is 0.000000926. The summed E-state index contributed by atoms with van der Waals surface area (Å²) in [5.41, 5.74) is 9.80. The molecule has 0 bridgehead atoms. The second kappa shape index (κ2) is 28.0. The fraction of sp³-hybridized carbons (Fsp3) is 0.381. The number of benzene rings is 4. The molecule has 0 amide bonds. The zero-order valence-corrected chi connectivity index (χ0v) is 37.4. The van der Waals surface area contributed by atoms with Gasteiger partial charge in [-0.3, -0.25) is 0 Å². The maximum absolute atomic E-state index is 5.47. The van der Waals surface area contributed by atoms with Crippen molar-refractivity contribution in [1.82, 2.24) is 0 Å². The van der Waals surface area contributed by atoms with Crippen LogP contribution in [0.1, 0.15) is 101 Å². The SMILES string of the molecule is CCCCc1ccccc1N(C(=S)[S-])c1ccccc1CCCC.CCCCc1ccccc1N(C(=S)[S-])c1ccccc1CCCC.[Mo].[S-2].[S-2]. The Labute approximate surface area is 359 Å². The molecule has 0 aliphatic heterocycles. The van der Waals surface area contributed by atoms with Crippen molar-refractivity contribution in [2.75, 3.05) is 9.80 Å². The van der Waals surface area contributed by atoms with Crippen LogP contribution in [0, 0.1) is 0 Å². The van der Waals surface area contributed by atoms with Crippen molar-refractivity contribution in [2.45, 2.75) is 105 Å². The Bertz CT molecular complexity index is 1360. The van der Waals surface area contributed by atoms with E-state index in [1.54, 1.807) is 0 Å². The Hall–Kier alpha value is -1.51. The molecule has 4 rings (SSSR count). The van der Waals surface area contributed by atoms with Crippen LogP contribution >= 0.6 is 24.4 Å². The summed E-state index contributed by atoms with van der Waals surface area (Å²) < 4.78 is 0.978. The van der Waals surface area contributed by atoms with Crippen LogP contribution in [-0.2, 0) is 99.0 Å². The van der Waals surface area contributed by atoms with Crippen LogP contribution in [0.4, 0.5) is 22.7 Å². The number of nitrogens with zero attached hydrogens (tertiary/aromatic N) is 2. The summed E-state index contributed by atoms with van der Waals surface area (Å²) in [6, 6.07) is 34.0. The minimum Gasteiger partial charge on any atom is -2.00 e. The fourth-order valence-corrected chi connectivity index (χ4v) is 6.67. The Morgan fingerprint density at radius 1 is 0.431 bits per heavy atom. The second-order valence-electron chi connectivity index (χ2n) is 12.1. The van der Waals surface area contributed by atoms with Crippen molar-refractivity contribution in [1.29, 1.82) is 0 Å². The average Bonchev–Trinajstić information content (AvgIpc) is 3.10. The van der Waals surface area contributed by atoms with E-state index in [1.807, 2.05) is 0 Å². The van der Waals surface area contributed by atoms with E-state index in [1.165, 1.54) is 73.6 Å². The van der Waals surface area contributed by atoms with Crippen LogP contribution in [0.5, 0.6) is 0 Å². The van der Waals surface area contributed by atoms with Crippen molar-refractivity contribution >= 4 is 108 Å². The first-order valence-electron chi connectivity index (χ1n) is 17.7. The number of hydrogen-bond acceptors (Lipinski definition) is 4. The minimum absolute atomic E-state index is 0. The molecular weight excluding hydrogens is 821 g/mol. The largest absolute Gasteiger partial charge is 2.00 e. The molecule has 9 heteroatoms. The number of unbranched alkanes of at least 4 members (excludes halogenated alkanes) is 4. The van der Waals surface area contributed by atoms with Gasteiger partial charge in [-0.1, -0.05) is 135 Å². The van der Waals surface area contributed by atoms with Crippen molar-refractivity contribution in [3.8, 4) is 0 Å². The van der Waals surface area contributed by atoms with Gasteiger partial charge in [0.15, 0.2) is 0 Å². The van der Waals surface area contributed by atoms with E-state index in [4.69, 9.17) is 49.7 Å². The zero-order chi connectivity index (χ0) is 34.7. The van der Waals surface area contributed by atoms with Crippen LogP contribution in [-0.4, -0.2) is 8.64 Å². The smallest absolute Gasteiger partial charge is 0.0476 e. The first-order chi connectivity index (χ1) is 23.4. The zero-order valence-electron chi connectivity index (χ0n) is 30.5. The van der Waals surface area contributed by atoms with Crippen LogP contribution in [0.15, 0.2) is 97.1 Å². The van der Waals surface area contributed by atoms with Crippen LogP contribution < -0.4 is 9.80 Å². The molecule has 2 nitrogen and oxygen atoms in total. The van der Waals surface area contributed by atoms with Gasteiger partial charge in [0.05, 0.1) is 0 Å². The molecular formula is C42H52MoN2S6-6. The molecule has 278 valence electrons. The molecule has 51 heavy (non-hydrogen) atoms. The molecule has 0 spiro atoms. The summed E-state index contributed by atoms with van der Waals surface area (Å²) in [6.07, 6.45) is 13.6. The van der Waals surface area contributed by atoms with Crippen LogP contribution in [0.25, 0.3) is 0 Å². The number of rotatable bonds is 16. The normalized spacial score (nSPS) is 9.96. The van der Waals surface area contributed by atoms with Gasteiger partial charge in [-0.15, -0.1) is 0 Å². The van der Waals surface area contributed by atoms with Gasteiger partial charge in [-0.25, -0.2) is 0 Å². The van der Waals surface area contributed by atoms with Gasteiger partial charge in [0.2, 0.25) is 0 Å². The van der Waals surface area contributed by atoms with Gasteiger partial charge < -0.3 is 86.5 Å². The standard InChI is InChI=1S/2C21H27NS2.Mo.2S/c2*1-3-5-11-17-13-7-9-15-19(17)22(21(23)24)20-16-10-8-14-18(20)12-6-4-2;;;/h2*7-10,13-16H,3-6,11-12H2,1-2H3,(H,23,24);;;/q;;;2*-2/p-2. The predicted molar refractivity (Wildman–Crippen MR) is 239 cm³/mol. The summed E-state index contributed by atoms with van der Waals surface area (Å²) >= 11 is 21.9. The summed E-state index contributed by atoms with van der Waals surface area (Å²) in [4.78, 5) is 4.17. The summed E-state index contributed by atoms with van der Waals surface area (Å²) in [5.74, 6) is 0. The molecule has 0 aromatic heterocycles. The molecule has 0 radical (unpaired) electrons. The summed E-state index contributed by atoms with van der Waals surface area (Å²) in [5, 5.41) is 0. The number of anilines is 4. The van der Waals surface area contributed by atoms with Crippen molar-refractivity contribution in [2.24, 2.45) is 0 Å².